The number of hydrogen-bond acceptors (Lipinski definition) is 1. The third-order valence-electron chi connectivity index (χ3n) is 8.13. The van der Waals surface area contributed by atoms with Crippen LogP contribution in [0.2, 0.25) is 0 Å². The summed E-state index contributed by atoms with van der Waals surface area (Å²) in [6, 6.07) is 46.8. The highest BCUT2D eigenvalue weighted by atomic mass is 32.1. The third kappa shape index (κ3) is 2.60. The molecular formula is C36H21NS. The summed E-state index contributed by atoms with van der Waals surface area (Å²) >= 11 is 1.92. The van der Waals surface area contributed by atoms with Gasteiger partial charge in [0.25, 0.3) is 0 Å². The molecule has 0 amide bonds. The molecule has 0 spiro atoms. The normalized spacial score (nSPS) is 12.2. The molecule has 9 aromatic rings. The molecule has 2 aromatic heterocycles. The number of aromatic nitrogens is 1. The van der Waals surface area contributed by atoms with Gasteiger partial charge in [-0.2, -0.15) is 0 Å². The van der Waals surface area contributed by atoms with Crippen LogP contribution in [0.4, 0.5) is 0 Å². The summed E-state index contributed by atoms with van der Waals surface area (Å²) in [5.41, 5.74) is 3.76. The molecule has 2 heterocycles. The molecule has 0 saturated heterocycles. The molecular weight excluding hydrogens is 478 g/mol. The Labute approximate surface area is 222 Å². The van der Waals surface area contributed by atoms with Gasteiger partial charge in [-0.05, 0) is 56.6 Å². The van der Waals surface area contributed by atoms with Gasteiger partial charge in [-0.15, -0.1) is 11.3 Å². The van der Waals surface area contributed by atoms with Crippen molar-refractivity contribution < 1.29 is 0 Å². The number of rotatable bonds is 1. The maximum atomic E-state index is 2.52. The molecule has 0 aliphatic rings. The SMILES string of the molecule is c1ccc2cc(-n3c4ccc5ccccc5c4c4c5ccccc5c5c6ccccc6sc5c43)ccc2c1. The largest absolute Gasteiger partial charge is 0.308 e. The Hall–Kier alpha value is -4.66. The summed E-state index contributed by atoms with van der Waals surface area (Å²) in [6.45, 7) is 0. The summed E-state index contributed by atoms with van der Waals surface area (Å²) in [7, 11) is 0. The van der Waals surface area contributed by atoms with Gasteiger partial charge in [0.15, 0.2) is 0 Å². The maximum absolute atomic E-state index is 2.52. The van der Waals surface area contributed by atoms with Crippen LogP contribution in [0.15, 0.2) is 127 Å². The summed E-state index contributed by atoms with van der Waals surface area (Å²) in [4.78, 5) is 0. The lowest BCUT2D eigenvalue weighted by molar-refractivity contribution is 1.20. The maximum Gasteiger partial charge on any atom is 0.0726 e. The Bertz CT molecular complexity index is 2400. The lowest BCUT2D eigenvalue weighted by Crippen LogP contribution is -1.94. The molecule has 0 aliphatic heterocycles. The molecule has 0 aliphatic carbocycles. The fourth-order valence-electron chi connectivity index (χ4n) is 6.52. The lowest BCUT2D eigenvalue weighted by Gasteiger charge is -2.11. The van der Waals surface area contributed by atoms with Crippen LogP contribution in [0, 0.1) is 0 Å². The minimum atomic E-state index is 1.20. The second kappa shape index (κ2) is 7.44. The van der Waals surface area contributed by atoms with E-state index in [1.807, 2.05) is 11.3 Å². The van der Waals surface area contributed by atoms with Crippen LogP contribution < -0.4 is 0 Å². The first-order chi connectivity index (χ1) is 18.9. The Kier molecular flexibility index (Phi) is 3.99. The number of nitrogens with zero attached hydrogens (tertiary/aromatic N) is 1. The first kappa shape index (κ1) is 20.4. The van der Waals surface area contributed by atoms with Crippen molar-refractivity contribution in [3.63, 3.8) is 0 Å². The van der Waals surface area contributed by atoms with E-state index in [0.717, 1.165) is 0 Å². The Morgan fingerprint density at radius 2 is 1.08 bits per heavy atom. The van der Waals surface area contributed by atoms with Crippen LogP contribution >= 0.6 is 11.3 Å². The van der Waals surface area contributed by atoms with Crippen LogP contribution in [0.3, 0.4) is 0 Å². The number of fused-ring (bicyclic) bond motifs is 13. The first-order valence-electron chi connectivity index (χ1n) is 13.0. The van der Waals surface area contributed by atoms with Crippen molar-refractivity contribution in [3.05, 3.63) is 127 Å². The molecule has 38 heavy (non-hydrogen) atoms. The lowest BCUT2D eigenvalue weighted by atomic mass is 9.97. The van der Waals surface area contributed by atoms with Crippen molar-refractivity contribution >= 4 is 85.6 Å². The van der Waals surface area contributed by atoms with Crippen LogP contribution in [0.5, 0.6) is 0 Å². The van der Waals surface area contributed by atoms with Gasteiger partial charge < -0.3 is 4.57 Å². The van der Waals surface area contributed by atoms with Crippen molar-refractivity contribution in [3.8, 4) is 5.69 Å². The van der Waals surface area contributed by atoms with Crippen molar-refractivity contribution in [2.45, 2.75) is 0 Å². The van der Waals surface area contributed by atoms with Gasteiger partial charge in [0, 0.05) is 31.9 Å². The highest BCUT2D eigenvalue weighted by Gasteiger charge is 2.22. The molecule has 0 atom stereocenters. The topological polar surface area (TPSA) is 4.93 Å². The molecule has 0 N–H and O–H groups in total. The van der Waals surface area contributed by atoms with Gasteiger partial charge in [0.2, 0.25) is 0 Å². The minimum Gasteiger partial charge on any atom is -0.308 e. The predicted octanol–water partition coefficient (Wildman–Crippen LogP) is 10.6. The van der Waals surface area contributed by atoms with E-state index in [4.69, 9.17) is 0 Å². The van der Waals surface area contributed by atoms with Gasteiger partial charge >= 0.3 is 0 Å². The quantitative estimate of drug-likeness (QED) is 0.212. The molecule has 0 unspecified atom stereocenters. The molecule has 7 aromatic carbocycles. The summed E-state index contributed by atoms with van der Waals surface area (Å²) < 4.78 is 5.21. The average molecular weight is 500 g/mol. The predicted molar refractivity (Wildman–Crippen MR) is 166 cm³/mol. The van der Waals surface area contributed by atoms with Crippen molar-refractivity contribution in [1.29, 1.82) is 0 Å². The highest BCUT2D eigenvalue weighted by Crippen LogP contribution is 2.49. The number of benzene rings is 7. The number of hydrogen-bond donors (Lipinski definition) is 0. The molecule has 9 rings (SSSR count). The fraction of sp³-hybridized carbons (Fsp3) is 0. The second-order valence-corrected chi connectivity index (χ2v) is 11.2. The van der Waals surface area contributed by atoms with E-state index in [-0.39, 0.29) is 0 Å². The average Bonchev–Trinajstić information content (AvgIpc) is 3.54. The summed E-state index contributed by atoms with van der Waals surface area (Å²) in [5.74, 6) is 0. The summed E-state index contributed by atoms with van der Waals surface area (Å²) in [6.07, 6.45) is 0. The van der Waals surface area contributed by atoms with Crippen LogP contribution in [-0.4, -0.2) is 4.57 Å². The first-order valence-corrected chi connectivity index (χ1v) is 13.9. The Morgan fingerprint density at radius 3 is 1.92 bits per heavy atom. The van der Waals surface area contributed by atoms with E-state index in [9.17, 15) is 0 Å². The van der Waals surface area contributed by atoms with Gasteiger partial charge in [-0.3, -0.25) is 0 Å². The van der Waals surface area contributed by atoms with E-state index in [1.54, 1.807) is 0 Å². The van der Waals surface area contributed by atoms with Crippen LogP contribution in [0.25, 0.3) is 80.0 Å². The minimum absolute atomic E-state index is 1.20. The van der Waals surface area contributed by atoms with E-state index >= 15 is 0 Å². The summed E-state index contributed by atoms with van der Waals surface area (Å²) in [5, 5.41) is 13.1. The van der Waals surface area contributed by atoms with E-state index in [2.05, 4.69) is 132 Å². The second-order valence-electron chi connectivity index (χ2n) is 10.1. The van der Waals surface area contributed by atoms with Gasteiger partial charge in [-0.1, -0.05) is 103 Å². The Morgan fingerprint density at radius 1 is 0.447 bits per heavy atom. The molecule has 0 fully saturated rings. The van der Waals surface area contributed by atoms with Crippen LogP contribution in [0.1, 0.15) is 0 Å². The van der Waals surface area contributed by atoms with Gasteiger partial charge in [-0.25, -0.2) is 0 Å². The zero-order valence-electron chi connectivity index (χ0n) is 20.5. The van der Waals surface area contributed by atoms with E-state index in [0.29, 0.717) is 0 Å². The standard InChI is InChI=1S/C36H21NS/c1-2-11-24-21-25(19-17-22(24)9-1)37-30-20-18-23-10-3-4-12-26(23)33(30)34-28-14-6-5-13-27(28)32-29-15-7-8-16-31(29)38-36(32)35(34)37/h1-21H. The molecule has 0 radical (unpaired) electrons. The third-order valence-corrected chi connectivity index (χ3v) is 9.30. The molecule has 0 saturated carbocycles. The van der Waals surface area contributed by atoms with E-state index < -0.39 is 0 Å². The fourth-order valence-corrected chi connectivity index (χ4v) is 7.78. The number of thiophene rings is 1. The highest BCUT2D eigenvalue weighted by molar-refractivity contribution is 7.27. The molecule has 1 nitrogen and oxygen atoms in total. The molecule has 2 heteroatoms. The zero-order chi connectivity index (χ0) is 24.8. The monoisotopic (exact) mass is 499 g/mol. The smallest absolute Gasteiger partial charge is 0.0726 e. The van der Waals surface area contributed by atoms with Gasteiger partial charge in [0.1, 0.15) is 0 Å². The van der Waals surface area contributed by atoms with Crippen molar-refractivity contribution in [1.82, 2.24) is 4.57 Å². The molecule has 176 valence electrons. The molecule has 0 bridgehead atoms. The van der Waals surface area contributed by atoms with Crippen molar-refractivity contribution in [2.24, 2.45) is 0 Å². The van der Waals surface area contributed by atoms with Crippen molar-refractivity contribution in [2.75, 3.05) is 0 Å². The van der Waals surface area contributed by atoms with Crippen LogP contribution in [-0.2, 0) is 0 Å². The van der Waals surface area contributed by atoms with E-state index in [1.165, 1.54) is 80.0 Å². The zero-order valence-corrected chi connectivity index (χ0v) is 21.3. The Balaban J connectivity index is 1.63. The van der Waals surface area contributed by atoms with Gasteiger partial charge in [0.05, 0.1) is 15.7 Å².